The second-order valence-corrected chi connectivity index (χ2v) is 7.53. The standard InChI is InChI=1S/C25H27NO.ClH/c1-19-15-17-22(18-16-19)25(2,21-13-9-6-10-14-21)24(26(3)4)23(27)20-11-7-5-8-12-20;/h5-18,24H,1-4H3;1H/t24-,25+;/m1./s1. The molecule has 3 heteroatoms. The van der Waals surface area contributed by atoms with Crippen LogP contribution >= 0.6 is 12.4 Å². The average molecular weight is 394 g/mol. The van der Waals surface area contributed by atoms with Crippen molar-refractivity contribution in [1.82, 2.24) is 4.90 Å². The highest BCUT2D eigenvalue weighted by Gasteiger charge is 2.43. The molecule has 0 aliphatic heterocycles. The van der Waals surface area contributed by atoms with Crippen molar-refractivity contribution < 1.29 is 4.79 Å². The maximum absolute atomic E-state index is 13.6. The van der Waals surface area contributed by atoms with E-state index in [-0.39, 0.29) is 24.2 Å². The molecule has 0 aliphatic carbocycles. The largest absolute Gasteiger partial charge is 0.298 e. The molecule has 0 unspecified atom stereocenters. The van der Waals surface area contributed by atoms with Gasteiger partial charge < -0.3 is 0 Å². The lowest BCUT2D eigenvalue weighted by Gasteiger charge is -2.41. The number of carbonyl (C=O) groups is 1. The van der Waals surface area contributed by atoms with Gasteiger partial charge in [0.25, 0.3) is 0 Å². The highest BCUT2D eigenvalue weighted by Crippen LogP contribution is 2.38. The normalized spacial score (nSPS) is 14.0. The van der Waals surface area contributed by atoms with Gasteiger partial charge in [-0.2, -0.15) is 0 Å². The first kappa shape index (κ1) is 21.9. The Bertz CT molecular complexity index is 891. The summed E-state index contributed by atoms with van der Waals surface area (Å²) in [7, 11) is 3.97. The fourth-order valence-corrected chi connectivity index (χ4v) is 3.94. The van der Waals surface area contributed by atoms with Crippen LogP contribution in [0.1, 0.15) is 34.0 Å². The molecule has 0 aromatic heterocycles. The first-order valence-electron chi connectivity index (χ1n) is 9.33. The summed E-state index contributed by atoms with van der Waals surface area (Å²) in [5, 5.41) is 0. The van der Waals surface area contributed by atoms with Crippen LogP contribution in [-0.4, -0.2) is 30.8 Å². The molecule has 3 aromatic carbocycles. The smallest absolute Gasteiger partial charge is 0.181 e. The van der Waals surface area contributed by atoms with Gasteiger partial charge in [-0.05, 0) is 39.1 Å². The summed E-state index contributed by atoms with van der Waals surface area (Å²) in [6.07, 6.45) is 0. The number of likely N-dealkylation sites (N-methyl/N-ethyl adjacent to an activating group) is 1. The summed E-state index contributed by atoms with van der Waals surface area (Å²) in [5.74, 6) is 0.132. The molecule has 2 nitrogen and oxygen atoms in total. The summed E-state index contributed by atoms with van der Waals surface area (Å²) in [5.41, 5.74) is 3.75. The van der Waals surface area contributed by atoms with Crippen molar-refractivity contribution in [2.45, 2.75) is 25.3 Å². The van der Waals surface area contributed by atoms with E-state index in [2.05, 4.69) is 50.2 Å². The zero-order valence-corrected chi connectivity index (χ0v) is 17.7. The zero-order valence-electron chi connectivity index (χ0n) is 16.9. The Kier molecular flexibility index (Phi) is 7.17. The van der Waals surface area contributed by atoms with Gasteiger partial charge in [0, 0.05) is 11.0 Å². The van der Waals surface area contributed by atoms with E-state index in [1.54, 1.807) is 0 Å². The van der Waals surface area contributed by atoms with Gasteiger partial charge in [0.1, 0.15) is 0 Å². The van der Waals surface area contributed by atoms with Crippen LogP contribution in [0, 0.1) is 6.92 Å². The summed E-state index contributed by atoms with van der Waals surface area (Å²) in [6.45, 7) is 4.26. The molecule has 0 aliphatic rings. The van der Waals surface area contributed by atoms with Gasteiger partial charge in [-0.15, -0.1) is 12.4 Å². The van der Waals surface area contributed by atoms with E-state index < -0.39 is 5.41 Å². The van der Waals surface area contributed by atoms with Gasteiger partial charge in [0.05, 0.1) is 6.04 Å². The second kappa shape index (κ2) is 9.18. The quantitative estimate of drug-likeness (QED) is 0.513. The van der Waals surface area contributed by atoms with E-state index in [0.29, 0.717) is 0 Å². The first-order valence-corrected chi connectivity index (χ1v) is 9.33. The van der Waals surface area contributed by atoms with Crippen LogP contribution in [0.15, 0.2) is 84.9 Å². The van der Waals surface area contributed by atoms with Gasteiger partial charge in [-0.1, -0.05) is 90.5 Å². The monoisotopic (exact) mass is 393 g/mol. The van der Waals surface area contributed by atoms with Crippen LogP contribution in [-0.2, 0) is 5.41 Å². The maximum atomic E-state index is 13.6. The number of Topliss-reactive ketones (excluding diaryl/α,β-unsaturated/α-hetero) is 1. The molecular formula is C25H28ClNO. The van der Waals surface area contributed by atoms with Crippen LogP contribution in [0.25, 0.3) is 0 Å². The van der Waals surface area contributed by atoms with Crippen molar-refractivity contribution in [3.63, 3.8) is 0 Å². The predicted octanol–water partition coefficient (Wildman–Crippen LogP) is 5.54. The van der Waals surface area contributed by atoms with Gasteiger partial charge in [0.15, 0.2) is 5.78 Å². The molecular weight excluding hydrogens is 366 g/mol. The number of aryl methyl sites for hydroxylation is 1. The molecule has 0 N–H and O–H groups in total. The van der Waals surface area contributed by atoms with Crippen molar-refractivity contribution in [2.75, 3.05) is 14.1 Å². The Labute approximate surface area is 174 Å². The fourth-order valence-electron chi connectivity index (χ4n) is 3.94. The SMILES string of the molecule is Cc1ccc([C@](C)(c2ccccc2)[C@@H](C(=O)c2ccccc2)N(C)C)cc1.Cl. The number of rotatable bonds is 6. The zero-order chi connectivity index (χ0) is 19.4. The number of benzene rings is 3. The number of carbonyl (C=O) groups excluding carboxylic acids is 1. The lowest BCUT2D eigenvalue weighted by Crippen LogP contribution is -2.51. The number of halogens is 1. The number of hydrogen-bond acceptors (Lipinski definition) is 2. The highest BCUT2D eigenvalue weighted by atomic mass is 35.5. The Morgan fingerprint density at radius 2 is 1.25 bits per heavy atom. The molecule has 146 valence electrons. The van der Waals surface area contributed by atoms with Crippen LogP contribution < -0.4 is 0 Å². The van der Waals surface area contributed by atoms with Gasteiger partial charge in [0.2, 0.25) is 0 Å². The third kappa shape index (κ3) is 4.19. The predicted molar refractivity (Wildman–Crippen MR) is 120 cm³/mol. The van der Waals surface area contributed by atoms with Crippen LogP contribution in [0.4, 0.5) is 0 Å². The molecule has 0 fully saturated rings. The van der Waals surface area contributed by atoms with Crippen LogP contribution in [0.5, 0.6) is 0 Å². The van der Waals surface area contributed by atoms with E-state index in [4.69, 9.17) is 0 Å². The molecule has 3 aromatic rings. The molecule has 2 atom stereocenters. The van der Waals surface area contributed by atoms with E-state index in [9.17, 15) is 4.79 Å². The Morgan fingerprint density at radius 1 is 0.786 bits per heavy atom. The lowest BCUT2D eigenvalue weighted by molar-refractivity contribution is 0.0808. The lowest BCUT2D eigenvalue weighted by atomic mass is 9.68. The molecule has 0 spiro atoms. The van der Waals surface area contributed by atoms with E-state index >= 15 is 0 Å². The number of ketones is 1. The minimum atomic E-state index is -0.481. The molecule has 28 heavy (non-hydrogen) atoms. The van der Waals surface area contributed by atoms with Crippen molar-refractivity contribution in [2.24, 2.45) is 0 Å². The molecule has 0 bridgehead atoms. The van der Waals surface area contributed by atoms with Gasteiger partial charge in [-0.25, -0.2) is 0 Å². The van der Waals surface area contributed by atoms with Crippen molar-refractivity contribution in [3.05, 3.63) is 107 Å². The molecule has 0 radical (unpaired) electrons. The van der Waals surface area contributed by atoms with E-state index in [0.717, 1.165) is 16.7 Å². The maximum Gasteiger partial charge on any atom is 0.181 e. The van der Waals surface area contributed by atoms with Crippen molar-refractivity contribution in [1.29, 1.82) is 0 Å². The Balaban J connectivity index is 0.00000280. The van der Waals surface area contributed by atoms with Crippen LogP contribution in [0.2, 0.25) is 0 Å². The van der Waals surface area contributed by atoms with Crippen molar-refractivity contribution in [3.8, 4) is 0 Å². The third-order valence-corrected chi connectivity index (χ3v) is 5.39. The molecule has 3 rings (SSSR count). The highest BCUT2D eigenvalue weighted by molar-refractivity contribution is 6.01. The minimum absolute atomic E-state index is 0. The number of nitrogens with zero attached hydrogens (tertiary/aromatic N) is 1. The van der Waals surface area contributed by atoms with Gasteiger partial charge in [-0.3, -0.25) is 9.69 Å². The summed E-state index contributed by atoms with van der Waals surface area (Å²) >= 11 is 0. The Morgan fingerprint density at radius 3 is 1.75 bits per heavy atom. The van der Waals surface area contributed by atoms with Crippen molar-refractivity contribution >= 4 is 18.2 Å². The van der Waals surface area contributed by atoms with E-state index in [1.165, 1.54) is 5.56 Å². The molecule has 0 heterocycles. The fraction of sp³-hybridized carbons (Fsp3) is 0.240. The van der Waals surface area contributed by atoms with Gasteiger partial charge >= 0.3 is 0 Å². The average Bonchev–Trinajstić information content (AvgIpc) is 2.69. The topological polar surface area (TPSA) is 20.3 Å². The Hall–Kier alpha value is -2.42. The summed E-state index contributed by atoms with van der Waals surface area (Å²) in [4.78, 5) is 15.6. The minimum Gasteiger partial charge on any atom is -0.298 e. The summed E-state index contributed by atoms with van der Waals surface area (Å²) in [6, 6.07) is 28.1. The van der Waals surface area contributed by atoms with E-state index in [1.807, 2.05) is 67.5 Å². The molecule has 0 amide bonds. The molecule has 0 saturated heterocycles. The first-order chi connectivity index (χ1) is 12.9. The third-order valence-electron chi connectivity index (χ3n) is 5.39. The summed E-state index contributed by atoms with van der Waals surface area (Å²) < 4.78 is 0. The second-order valence-electron chi connectivity index (χ2n) is 7.53. The molecule has 0 saturated carbocycles. The number of hydrogen-bond donors (Lipinski definition) is 0. The van der Waals surface area contributed by atoms with Crippen LogP contribution in [0.3, 0.4) is 0 Å².